The molecule has 0 amide bonds. The van der Waals surface area contributed by atoms with Crippen molar-refractivity contribution < 1.29 is 9.13 Å². The Morgan fingerprint density at radius 2 is 2.27 bits per heavy atom. The molecule has 0 radical (unpaired) electrons. The second kappa shape index (κ2) is 4.24. The summed E-state index contributed by atoms with van der Waals surface area (Å²) in [6.07, 6.45) is 0. The summed E-state index contributed by atoms with van der Waals surface area (Å²) in [4.78, 5) is 4.13. The van der Waals surface area contributed by atoms with E-state index in [2.05, 4.69) is 25.3 Å². The van der Waals surface area contributed by atoms with E-state index < -0.39 is 0 Å². The van der Waals surface area contributed by atoms with Gasteiger partial charge in [-0.05, 0) is 45.7 Å². The van der Waals surface area contributed by atoms with Gasteiger partial charge in [0.1, 0.15) is 5.01 Å². The molecular formula is C9H6BrFN2OS. The first-order valence-corrected chi connectivity index (χ1v) is 5.60. The SMILES string of the molecule is COc1cc(-c2nc(Br)ns2)ccc1F. The van der Waals surface area contributed by atoms with Crippen LogP contribution in [-0.4, -0.2) is 16.5 Å². The second-order valence-corrected chi connectivity index (χ2v) is 4.18. The summed E-state index contributed by atoms with van der Waals surface area (Å²) in [5, 5.41) is 0.722. The lowest BCUT2D eigenvalue weighted by Crippen LogP contribution is -1.88. The predicted molar refractivity (Wildman–Crippen MR) is 59.6 cm³/mol. The Morgan fingerprint density at radius 3 is 2.87 bits per heavy atom. The molecule has 2 aromatic rings. The van der Waals surface area contributed by atoms with Gasteiger partial charge in [0, 0.05) is 5.56 Å². The van der Waals surface area contributed by atoms with E-state index in [1.165, 1.54) is 24.7 Å². The van der Waals surface area contributed by atoms with Crippen LogP contribution in [0.25, 0.3) is 10.6 Å². The summed E-state index contributed by atoms with van der Waals surface area (Å²) in [5.41, 5.74) is 0.788. The third kappa shape index (κ3) is 2.15. The highest BCUT2D eigenvalue weighted by Crippen LogP contribution is 2.28. The van der Waals surface area contributed by atoms with Crippen molar-refractivity contribution in [2.24, 2.45) is 0 Å². The van der Waals surface area contributed by atoms with Crippen molar-refractivity contribution in [2.45, 2.75) is 0 Å². The number of methoxy groups -OCH3 is 1. The van der Waals surface area contributed by atoms with Gasteiger partial charge in [0.15, 0.2) is 11.6 Å². The van der Waals surface area contributed by atoms with Crippen LogP contribution >= 0.6 is 27.5 Å². The van der Waals surface area contributed by atoms with Crippen molar-refractivity contribution in [3.63, 3.8) is 0 Å². The van der Waals surface area contributed by atoms with E-state index in [0.29, 0.717) is 4.73 Å². The van der Waals surface area contributed by atoms with Gasteiger partial charge < -0.3 is 4.74 Å². The van der Waals surface area contributed by atoms with Crippen LogP contribution in [0.2, 0.25) is 0 Å². The third-order valence-corrected chi connectivity index (χ3v) is 3.15. The van der Waals surface area contributed by atoms with Crippen molar-refractivity contribution in [1.82, 2.24) is 9.36 Å². The van der Waals surface area contributed by atoms with Crippen LogP contribution in [0.3, 0.4) is 0 Å². The first-order valence-electron chi connectivity index (χ1n) is 4.04. The molecule has 0 fully saturated rings. The van der Waals surface area contributed by atoms with Crippen molar-refractivity contribution in [3.8, 4) is 16.3 Å². The van der Waals surface area contributed by atoms with E-state index in [4.69, 9.17) is 4.74 Å². The van der Waals surface area contributed by atoms with Crippen molar-refractivity contribution in [3.05, 3.63) is 28.7 Å². The zero-order valence-electron chi connectivity index (χ0n) is 7.70. The predicted octanol–water partition coefficient (Wildman–Crippen LogP) is 3.12. The number of nitrogens with zero attached hydrogens (tertiary/aromatic N) is 2. The van der Waals surface area contributed by atoms with Gasteiger partial charge in [0.25, 0.3) is 0 Å². The third-order valence-electron chi connectivity index (χ3n) is 1.80. The molecule has 3 nitrogen and oxygen atoms in total. The molecule has 0 aliphatic carbocycles. The molecule has 78 valence electrons. The maximum Gasteiger partial charge on any atom is 0.209 e. The number of rotatable bonds is 2. The fourth-order valence-electron chi connectivity index (χ4n) is 1.12. The van der Waals surface area contributed by atoms with Crippen LogP contribution < -0.4 is 4.74 Å². The lowest BCUT2D eigenvalue weighted by Gasteiger charge is -2.02. The lowest BCUT2D eigenvalue weighted by molar-refractivity contribution is 0.387. The van der Waals surface area contributed by atoms with E-state index in [1.807, 2.05) is 0 Å². The maximum absolute atomic E-state index is 13.1. The minimum atomic E-state index is -0.384. The average molecular weight is 289 g/mol. The van der Waals surface area contributed by atoms with Crippen molar-refractivity contribution in [2.75, 3.05) is 7.11 Å². The van der Waals surface area contributed by atoms with Gasteiger partial charge in [-0.25, -0.2) is 9.37 Å². The largest absolute Gasteiger partial charge is 0.494 e. The number of hydrogen-bond acceptors (Lipinski definition) is 4. The number of halogens is 2. The van der Waals surface area contributed by atoms with E-state index in [9.17, 15) is 4.39 Å². The molecule has 0 N–H and O–H groups in total. The second-order valence-electron chi connectivity index (χ2n) is 2.72. The first kappa shape index (κ1) is 10.5. The summed E-state index contributed by atoms with van der Waals surface area (Å²) in [5.74, 6) is -0.177. The van der Waals surface area contributed by atoms with Crippen molar-refractivity contribution >= 4 is 27.5 Å². The Kier molecular flexibility index (Phi) is 2.97. The van der Waals surface area contributed by atoms with Gasteiger partial charge in [-0.15, -0.1) is 0 Å². The maximum atomic E-state index is 13.1. The molecule has 0 saturated heterocycles. The Morgan fingerprint density at radius 1 is 1.47 bits per heavy atom. The average Bonchev–Trinajstić information content (AvgIpc) is 2.66. The first-order chi connectivity index (χ1) is 7.20. The molecule has 0 atom stereocenters. The standard InChI is InChI=1S/C9H6BrFN2OS/c1-14-7-4-5(2-3-6(7)11)8-12-9(10)13-15-8/h2-4H,1H3. The van der Waals surface area contributed by atoms with E-state index in [-0.39, 0.29) is 11.6 Å². The Hall–Kier alpha value is -1.01. The van der Waals surface area contributed by atoms with Gasteiger partial charge in [-0.3, -0.25) is 0 Å². The summed E-state index contributed by atoms with van der Waals surface area (Å²) >= 11 is 4.40. The monoisotopic (exact) mass is 288 g/mol. The van der Waals surface area contributed by atoms with E-state index >= 15 is 0 Å². The fourth-order valence-corrected chi connectivity index (χ4v) is 2.19. The molecule has 1 aromatic heterocycles. The number of hydrogen-bond donors (Lipinski definition) is 0. The number of ether oxygens (including phenoxy) is 1. The van der Waals surface area contributed by atoms with Gasteiger partial charge >= 0.3 is 0 Å². The highest BCUT2D eigenvalue weighted by atomic mass is 79.9. The van der Waals surface area contributed by atoms with E-state index in [1.54, 1.807) is 12.1 Å². The molecule has 1 heterocycles. The Bertz CT molecular complexity index is 489. The summed E-state index contributed by atoms with van der Waals surface area (Å²) in [7, 11) is 1.43. The van der Waals surface area contributed by atoms with Crippen LogP contribution in [0.4, 0.5) is 4.39 Å². The Balaban J connectivity index is 2.45. The molecule has 1 aromatic carbocycles. The minimum absolute atomic E-state index is 0.207. The van der Waals surface area contributed by atoms with Gasteiger partial charge in [-0.1, -0.05) is 0 Å². The molecule has 0 aliphatic rings. The smallest absolute Gasteiger partial charge is 0.209 e. The van der Waals surface area contributed by atoms with Gasteiger partial charge in [0.05, 0.1) is 7.11 Å². The normalized spacial score (nSPS) is 10.3. The van der Waals surface area contributed by atoms with Crippen LogP contribution in [0.5, 0.6) is 5.75 Å². The summed E-state index contributed by atoms with van der Waals surface area (Å²) in [6, 6.07) is 4.59. The summed E-state index contributed by atoms with van der Waals surface area (Å²) in [6.45, 7) is 0. The molecule has 2 rings (SSSR count). The van der Waals surface area contributed by atoms with Gasteiger partial charge in [-0.2, -0.15) is 4.37 Å². The molecule has 15 heavy (non-hydrogen) atoms. The molecule has 0 unspecified atom stereocenters. The van der Waals surface area contributed by atoms with Crippen LogP contribution in [0.15, 0.2) is 22.9 Å². The molecule has 6 heteroatoms. The molecule has 0 bridgehead atoms. The molecule has 0 spiro atoms. The number of benzene rings is 1. The zero-order valence-corrected chi connectivity index (χ0v) is 10.1. The zero-order chi connectivity index (χ0) is 10.8. The quantitative estimate of drug-likeness (QED) is 0.852. The molecular weight excluding hydrogens is 283 g/mol. The van der Waals surface area contributed by atoms with Crippen LogP contribution in [0, 0.1) is 5.82 Å². The number of aromatic nitrogens is 2. The van der Waals surface area contributed by atoms with Gasteiger partial charge in [0.2, 0.25) is 4.73 Å². The van der Waals surface area contributed by atoms with E-state index in [0.717, 1.165) is 10.6 Å². The fraction of sp³-hybridized carbons (Fsp3) is 0.111. The topological polar surface area (TPSA) is 35.0 Å². The highest BCUT2D eigenvalue weighted by molar-refractivity contribution is 9.10. The van der Waals surface area contributed by atoms with Crippen LogP contribution in [-0.2, 0) is 0 Å². The van der Waals surface area contributed by atoms with Crippen molar-refractivity contribution in [1.29, 1.82) is 0 Å². The lowest BCUT2D eigenvalue weighted by atomic mass is 10.2. The Labute approximate surface area is 98.2 Å². The molecule has 0 aliphatic heterocycles. The molecule has 0 saturated carbocycles. The minimum Gasteiger partial charge on any atom is -0.494 e. The summed E-state index contributed by atoms with van der Waals surface area (Å²) < 4.78 is 22.5. The van der Waals surface area contributed by atoms with Crippen LogP contribution in [0.1, 0.15) is 0 Å². The highest BCUT2D eigenvalue weighted by Gasteiger charge is 2.08.